The summed E-state index contributed by atoms with van der Waals surface area (Å²) in [5.74, 6) is 1.68. The van der Waals surface area contributed by atoms with E-state index in [1.54, 1.807) is 6.07 Å². The van der Waals surface area contributed by atoms with Crippen molar-refractivity contribution in [3.63, 3.8) is 0 Å². The first-order chi connectivity index (χ1) is 13.6. The molecule has 7 heteroatoms. The van der Waals surface area contributed by atoms with Gasteiger partial charge in [0.15, 0.2) is 5.69 Å². The van der Waals surface area contributed by atoms with Crippen molar-refractivity contribution < 1.29 is 14.1 Å². The number of amides is 2. The van der Waals surface area contributed by atoms with Crippen LogP contribution >= 0.6 is 0 Å². The fourth-order valence-electron chi connectivity index (χ4n) is 5.22. The van der Waals surface area contributed by atoms with Crippen molar-refractivity contribution in [1.82, 2.24) is 20.7 Å². The average Bonchev–Trinajstić information content (AvgIpc) is 3.60. The zero-order valence-electron chi connectivity index (χ0n) is 16.6. The number of nitrogens with one attached hydrogen (secondary N) is 2. The maximum absolute atomic E-state index is 13.1. The summed E-state index contributed by atoms with van der Waals surface area (Å²) in [5, 5.41) is 10.4. The van der Waals surface area contributed by atoms with Gasteiger partial charge >= 0.3 is 0 Å². The lowest BCUT2D eigenvalue weighted by atomic mass is 9.90. The Bertz CT molecular complexity index is 765. The summed E-state index contributed by atoms with van der Waals surface area (Å²) in [7, 11) is 0. The molecule has 1 aromatic rings. The summed E-state index contributed by atoms with van der Waals surface area (Å²) in [6.45, 7) is 4.91. The Balaban J connectivity index is 1.14. The van der Waals surface area contributed by atoms with Crippen molar-refractivity contribution in [3.05, 3.63) is 17.5 Å². The van der Waals surface area contributed by atoms with E-state index >= 15 is 0 Å². The summed E-state index contributed by atoms with van der Waals surface area (Å²) in [6, 6.07) is 2.02. The lowest BCUT2D eigenvalue weighted by Crippen LogP contribution is -2.51. The van der Waals surface area contributed by atoms with Gasteiger partial charge in [0, 0.05) is 36.5 Å². The minimum absolute atomic E-state index is 0.0830. The van der Waals surface area contributed by atoms with Crippen LogP contribution in [0.4, 0.5) is 0 Å². The molecule has 0 radical (unpaired) electrons. The molecule has 2 unspecified atom stereocenters. The molecular weight excluding hydrogens is 356 g/mol. The third kappa shape index (κ3) is 3.34. The molecule has 7 nitrogen and oxygen atoms in total. The number of carbonyl (C=O) groups excluding carboxylic acids is 2. The molecule has 2 saturated heterocycles. The van der Waals surface area contributed by atoms with E-state index in [0.29, 0.717) is 17.5 Å². The number of rotatable bonds is 4. The third-order valence-electron chi connectivity index (χ3n) is 7.32. The highest BCUT2D eigenvalue weighted by Gasteiger charge is 2.59. The summed E-state index contributed by atoms with van der Waals surface area (Å²) in [6.07, 6.45) is 7.17. The molecule has 2 amide bonds. The predicted molar refractivity (Wildman–Crippen MR) is 103 cm³/mol. The molecule has 2 saturated carbocycles. The molecule has 2 aliphatic carbocycles. The van der Waals surface area contributed by atoms with Crippen LogP contribution in [-0.2, 0) is 4.79 Å². The van der Waals surface area contributed by atoms with Crippen LogP contribution in [0.1, 0.15) is 74.0 Å². The van der Waals surface area contributed by atoms with Crippen LogP contribution in [-0.4, -0.2) is 53.6 Å². The summed E-state index contributed by atoms with van der Waals surface area (Å²) in [4.78, 5) is 27.6. The van der Waals surface area contributed by atoms with Crippen LogP contribution < -0.4 is 10.6 Å². The van der Waals surface area contributed by atoms with Crippen LogP contribution in [0.2, 0.25) is 0 Å². The lowest BCUT2D eigenvalue weighted by Gasteiger charge is -2.38. The van der Waals surface area contributed by atoms with Gasteiger partial charge < -0.3 is 20.1 Å². The van der Waals surface area contributed by atoms with Crippen molar-refractivity contribution in [2.24, 2.45) is 11.3 Å². The standard InChI is InChI=1S/C21H30N4O3/c1-13-10-15(23-19(26)17-11-18(28-24-17)14-2-3-14)4-9-25(13)20(27)16-12-21(16)5-7-22-8-6-21/h11,13-16,22H,2-10,12H2,1H3,(H,23,26)/t13-,15?,16?/m1/s1. The van der Waals surface area contributed by atoms with Crippen LogP contribution in [0.3, 0.4) is 0 Å². The van der Waals surface area contributed by atoms with Gasteiger partial charge in [0.2, 0.25) is 5.91 Å². The molecule has 28 heavy (non-hydrogen) atoms. The maximum Gasteiger partial charge on any atom is 0.273 e. The molecule has 152 valence electrons. The van der Waals surface area contributed by atoms with Gasteiger partial charge in [0.25, 0.3) is 5.91 Å². The van der Waals surface area contributed by atoms with Crippen molar-refractivity contribution in [2.75, 3.05) is 19.6 Å². The Hall–Kier alpha value is -1.89. The topological polar surface area (TPSA) is 87.5 Å². The second-order valence-corrected chi connectivity index (χ2v) is 9.33. The second-order valence-electron chi connectivity index (χ2n) is 9.33. The first-order valence-corrected chi connectivity index (χ1v) is 10.8. The smallest absolute Gasteiger partial charge is 0.273 e. The van der Waals surface area contributed by atoms with Gasteiger partial charge in [-0.05, 0) is 70.4 Å². The lowest BCUT2D eigenvalue weighted by molar-refractivity contribution is -0.137. The minimum Gasteiger partial charge on any atom is -0.360 e. The molecular formula is C21H30N4O3. The number of hydrogen-bond acceptors (Lipinski definition) is 5. The Morgan fingerprint density at radius 3 is 2.79 bits per heavy atom. The Morgan fingerprint density at radius 2 is 2.07 bits per heavy atom. The highest BCUT2D eigenvalue weighted by molar-refractivity contribution is 5.92. The largest absolute Gasteiger partial charge is 0.360 e. The van der Waals surface area contributed by atoms with E-state index in [0.717, 1.165) is 70.3 Å². The van der Waals surface area contributed by atoms with Crippen LogP contribution in [0.25, 0.3) is 0 Å². The van der Waals surface area contributed by atoms with Crippen molar-refractivity contribution in [1.29, 1.82) is 0 Å². The summed E-state index contributed by atoms with van der Waals surface area (Å²) in [5.41, 5.74) is 0.651. The summed E-state index contributed by atoms with van der Waals surface area (Å²) >= 11 is 0. The number of carbonyl (C=O) groups is 2. The number of piperidine rings is 2. The quantitative estimate of drug-likeness (QED) is 0.827. The van der Waals surface area contributed by atoms with Crippen molar-refractivity contribution in [2.45, 2.75) is 69.9 Å². The second kappa shape index (κ2) is 6.87. The van der Waals surface area contributed by atoms with Gasteiger partial charge in [-0.3, -0.25) is 9.59 Å². The number of nitrogens with zero attached hydrogens (tertiary/aromatic N) is 2. The highest BCUT2D eigenvalue weighted by atomic mass is 16.5. The average molecular weight is 386 g/mol. The SMILES string of the molecule is C[C@@H]1CC(NC(=O)c2cc(C3CC3)on2)CCN1C(=O)C1CC12CCNCC2. The highest BCUT2D eigenvalue weighted by Crippen LogP contribution is 2.59. The van der Waals surface area contributed by atoms with Gasteiger partial charge in [-0.15, -0.1) is 0 Å². The Morgan fingerprint density at radius 1 is 1.29 bits per heavy atom. The van der Waals surface area contributed by atoms with E-state index in [1.165, 1.54) is 0 Å². The van der Waals surface area contributed by atoms with E-state index in [4.69, 9.17) is 4.52 Å². The van der Waals surface area contributed by atoms with E-state index in [1.807, 2.05) is 0 Å². The zero-order valence-corrected chi connectivity index (χ0v) is 16.6. The fraction of sp³-hybridized carbons (Fsp3) is 0.762. The zero-order chi connectivity index (χ0) is 19.3. The molecule has 2 N–H and O–H groups in total. The number of hydrogen-bond donors (Lipinski definition) is 2. The van der Waals surface area contributed by atoms with Gasteiger partial charge in [-0.1, -0.05) is 5.16 Å². The first-order valence-electron chi connectivity index (χ1n) is 10.8. The number of likely N-dealkylation sites (tertiary alicyclic amines) is 1. The molecule has 0 aromatic carbocycles. The van der Waals surface area contributed by atoms with Crippen LogP contribution in [0, 0.1) is 11.3 Å². The fourth-order valence-corrected chi connectivity index (χ4v) is 5.22. The molecule has 1 aromatic heterocycles. The number of aromatic nitrogens is 1. The molecule has 4 fully saturated rings. The van der Waals surface area contributed by atoms with Gasteiger partial charge in [0.1, 0.15) is 5.76 Å². The minimum atomic E-state index is -0.163. The van der Waals surface area contributed by atoms with Crippen molar-refractivity contribution >= 4 is 11.8 Å². The van der Waals surface area contributed by atoms with Gasteiger partial charge in [0.05, 0.1) is 0 Å². The predicted octanol–water partition coefficient (Wildman–Crippen LogP) is 2.05. The van der Waals surface area contributed by atoms with E-state index in [-0.39, 0.29) is 29.3 Å². The van der Waals surface area contributed by atoms with Gasteiger partial charge in [-0.2, -0.15) is 0 Å². The van der Waals surface area contributed by atoms with Gasteiger partial charge in [-0.25, -0.2) is 0 Å². The molecule has 3 atom stereocenters. The molecule has 5 rings (SSSR count). The van der Waals surface area contributed by atoms with E-state index < -0.39 is 0 Å². The van der Waals surface area contributed by atoms with Crippen LogP contribution in [0.15, 0.2) is 10.6 Å². The molecule has 2 aliphatic heterocycles. The first kappa shape index (κ1) is 18.2. The van der Waals surface area contributed by atoms with E-state index in [9.17, 15) is 9.59 Å². The Labute approximate surface area is 165 Å². The Kier molecular flexibility index (Phi) is 4.45. The van der Waals surface area contributed by atoms with Crippen LogP contribution in [0.5, 0.6) is 0 Å². The molecule has 1 spiro atoms. The van der Waals surface area contributed by atoms with E-state index in [2.05, 4.69) is 27.6 Å². The monoisotopic (exact) mass is 386 g/mol. The molecule has 4 aliphatic rings. The molecule has 3 heterocycles. The normalized spacial score (nSPS) is 31.6. The molecule has 0 bridgehead atoms. The third-order valence-corrected chi connectivity index (χ3v) is 7.32. The summed E-state index contributed by atoms with van der Waals surface area (Å²) < 4.78 is 5.29. The van der Waals surface area contributed by atoms with Crippen molar-refractivity contribution in [3.8, 4) is 0 Å². The maximum atomic E-state index is 13.1.